The largest absolute Gasteiger partial charge is 0.497 e. The van der Waals surface area contributed by atoms with E-state index in [4.69, 9.17) is 33.7 Å². The second-order valence-electron chi connectivity index (χ2n) is 22.0. The van der Waals surface area contributed by atoms with Crippen LogP contribution in [0.3, 0.4) is 0 Å². The summed E-state index contributed by atoms with van der Waals surface area (Å²) in [6.45, 7) is 8.99. The van der Waals surface area contributed by atoms with Gasteiger partial charge in [-0.05, 0) is 96.2 Å². The summed E-state index contributed by atoms with van der Waals surface area (Å²) in [5.74, 6) is 1.90. The van der Waals surface area contributed by atoms with Gasteiger partial charge in [0.1, 0.15) is 11.8 Å². The van der Waals surface area contributed by atoms with Gasteiger partial charge in [0.2, 0.25) is 23.6 Å². The molecule has 5 aliphatic heterocycles. The number of hydrogen-bond donors (Lipinski definition) is 3. The number of carbonyl (C=O) groups is 6. The molecule has 0 radical (unpaired) electrons. The van der Waals surface area contributed by atoms with Crippen molar-refractivity contribution >= 4 is 76.1 Å². The summed E-state index contributed by atoms with van der Waals surface area (Å²) >= 11 is 0. The van der Waals surface area contributed by atoms with E-state index in [1.165, 1.54) is 14.2 Å². The van der Waals surface area contributed by atoms with E-state index in [9.17, 15) is 28.8 Å². The average molecular weight is 1100 g/mol. The van der Waals surface area contributed by atoms with E-state index in [2.05, 4.69) is 29.8 Å². The van der Waals surface area contributed by atoms with Crippen LogP contribution in [-0.4, -0.2) is 134 Å². The molecular weight excluding hydrogens is 1030 g/mol. The molecule has 1 aliphatic carbocycles. The third-order valence-corrected chi connectivity index (χ3v) is 16.7. The van der Waals surface area contributed by atoms with Gasteiger partial charge in [-0.1, -0.05) is 51.5 Å². The van der Waals surface area contributed by atoms with Gasteiger partial charge < -0.3 is 54.3 Å². The van der Waals surface area contributed by atoms with Crippen LogP contribution in [0.1, 0.15) is 111 Å². The van der Waals surface area contributed by atoms with E-state index in [-0.39, 0.29) is 73.3 Å². The number of carbonyl (C=O) groups excluding carboxylic acids is 6. The average Bonchev–Trinajstić information content (AvgIpc) is 3.71. The zero-order chi connectivity index (χ0) is 57.1. The van der Waals surface area contributed by atoms with Crippen molar-refractivity contribution in [2.24, 2.45) is 27.7 Å². The molecule has 4 aromatic carbocycles. The second-order valence-corrected chi connectivity index (χ2v) is 22.0. The lowest BCUT2D eigenvalue weighted by Crippen LogP contribution is -2.51. The number of nitrogens with one attached hydrogen (secondary N) is 3. The molecule has 6 aliphatic rings. The third-order valence-electron chi connectivity index (χ3n) is 16.7. The number of rotatable bonds is 23. The smallest absolute Gasteiger partial charge is 0.260 e. The SMILES string of the molecule is COc1ccc(C2=CN3C(=O)c4cc(OC)c(OCCCOc5cc6c(cc5OC)C(=O)N5C=C(c7ccc(NC(=O)CNC(=O)C(NC(=O)CCCCCN8C(=O)CC9C(C)C98C)C(C)C)cc7)CC5C=N6)cc4N=C[C@@H]3C2)cc1. The third kappa shape index (κ3) is 11.6. The normalized spacial score (nSPS) is 21.4. The highest BCUT2D eigenvalue weighted by molar-refractivity contribution is 6.07. The lowest BCUT2D eigenvalue weighted by Gasteiger charge is -2.27. The fourth-order valence-electron chi connectivity index (χ4n) is 11.7. The van der Waals surface area contributed by atoms with E-state index >= 15 is 0 Å². The Hall–Kier alpha value is -8.48. The number of nitrogens with zero attached hydrogens (tertiary/aromatic N) is 5. The summed E-state index contributed by atoms with van der Waals surface area (Å²) in [5, 5.41) is 8.33. The van der Waals surface area contributed by atoms with Crippen molar-refractivity contribution in [3.05, 3.63) is 107 Å². The molecule has 0 bridgehead atoms. The van der Waals surface area contributed by atoms with Crippen LogP contribution in [0.25, 0.3) is 11.1 Å². The maximum absolute atomic E-state index is 14.1. The van der Waals surface area contributed by atoms with Crippen LogP contribution in [0.2, 0.25) is 0 Å². The van der Waals surface area contributed by atoms with Crippen LogP contribution < -0.4 is 39.6 Å². The Labute approximate surface area is 471 Å². The summed E-state index contributed by atoms with van der Waals surface area (Å²) in [5.41, 5.74) is 6.04. The van der Waals surface area contributed by atoms with E-state index < -0.39 is 17.9 Å². The van der Waals surface area contributed by atoms with Crippen LogP contribution in [-0.2, 0) is 19.2 Å². The molecule has 4 aromatic rings. The van der Waals surface area contributed by atoms with Gasteiger partial charge in [-0.2, -0.15) is 0 Å². The van der Waals surface area contributed by atoms with E-state index in [1.807, 2.05) is 67.5 Å². The Balaban J connectivity index is 0.672. The first kappa shape index (κ1) is 55.8. The number of benzene rings is 4. The van der Waals surface area contributed by atoms with Crippen LogP contribution in [0.15, 0.2) is 95.2 Å². The molecule has 424 valence electrons. The van der Waals surface area contributed by atoms with Crippen molar-refractivity contribution in [2.75, 3.05) is 52.9 Å². The van der Waals surface area contributed by atoms with Crippen molar-refractivity contribution in [1.82, 2.24) is 25.3 Å². The number of anilines is 1. The Kier molecular flexibility index (Phi) is 16.3. The number of likely N-dealkylation sites (tertiary alicyclic amines) is 1. The fraction of sp³-hybridized carbons (Fsp3) is 0.419. The molecular formula is C62H70N8O11. The minimum atomic E-state index is -0.804. The molecule has 6 amide bonds. The highest BCUT2D eigenvalue weighted by Crippen LogP contribution is 2.60. The van der Waals surface area contributed by atoms with E-state index in [0.29, 0.717) is 102 Å². The molecule has 81 heavy (non-hydrogen) atoms. The first-order valence-electron chi connectivity index (χ1n) is 27.9. The first-order valence-corrected chi connectivity index (χ1v) is 27.9. The standard InChI is InChI=1S/C62H70N8O11/c1-36(2)58(67-55(71)12-9-8-10-21-70-57(73)28-48-37(3)62(48,70)4)59(74)65-33-56(72)66-42-17-13-38(14-18-42)40-24-43-31-63-49-29-53(51(78-6)26-46(49)60(75)68(43)34-40)80-22-11-23-81-54-30-50-47(27-52(54)79-7)61(76)69-35-41(25-44(69)32-64-50)39-15-19-45(77-5)20-16-39/h13-20,26-27,29-32,34-37,43-44,48,58H,8-12,21-25,28,33H2,1-7H3,(H,65,74)(H,66,72)(H,67,71)/t37?,43?,44-,48?,58?,62?/m0/s1. The molecule has 0 aromatic heterocycles. The number of hydrogen-bond acceptors (Lipinski definition) is 13. The minimum absolute atomic E-state index is 0.00458. The first-order chi connectivity index (χ1) is 39.1. The van der Waals surface area contributed by atoms with Crippen molar-refractivity contribution in [2.45, 2.75) is 103 Å². The van der Waals surface area contributed by atoms with Gasteiger partial charge in [-0.25, -0.2) is 0 Å². The Morgan fingerprint density at radius 3 is 1.75 bits per heavy atom. The highest BCUT2D eigenvalue weighted by Gasteiger charge is 2.67. The van der Waals surface area contributed by atoms with E-state index in [0.717, 1.165) is 40.9 Å². The molecule has 1 saturated carbocycles. The lowest BCUT2D eigenvalue weighted by molar-refractivity contribution is -0.131. The van der Waals surface area contributed by atoms with E-state index in [1.54, 1.807) is 65.7 Å². The van der Waals surface area contributed by atoms with Gasteiger partial charge in [-0.15, -0.1) is 0 Å². The van der Waals surface area contributed by atoms with Crippen LogP contribution in [0.5, 0.6) is 28.7 Å². The highest BCUT2D eigenvalue weighted by atomic mass is 16.5. The topological polar surface area (TPSA) is 219 Å². The fourth-order valence-corrected chi connectivity index (χ4v) is 11.7. The predicted molar refractivity (Wildman–Crippen MR) is 307 cm³/mol. The van der Waals surface area contributed by atoms with Crippen molar-refractivity contribution in [1.29, 1.82) is 0 Å². The maximum Gasteiger partial charge on any atom is 0.260 e. The molecule has 5 unspecified atom stereocenters. The summed E-state index contributed by atoms with van der Waals surface area (Å²) in [7, 11) is 4.67. The zero-order valence-electron chi connectivity index (χ0n) is 46.9. The van der Waals surface area contributed by atoms with Crippen molar-refractivity contribution in [3.8, 4) is 28.7 Å². The van der Waals surface area contributed by atoms with Crippen molar-refractivity contribution < 1.29 is 52.5 Å². The van der Waals surface area contributed by atoms with Crippen LogP contribution in [0.4, 0.5) is 17.1 Å². The number of amides is 6. The van der Waals surface area contributed by atoms with Gasteiger partial charge >= 0.3 is 0 Å². The monoisotopic (exact) mass is 1100 g/mol. The molecule has 1 saturated heterocycles. The van der Waals surface area contributed by atoms with Gasteiger partial charge in [0.25, 0.3) is 11.8 Å². The maximum atomic E-state index is 14.1. The molecule has 5 heterocycles. The van der Waals surface area contributed by atoms with Gasteiger partial charge in [-0.3, -0.25) is 38.8 Å². The predicted octanol–water partition coefficient (Wildman–Crippen LogP) is 8.52. The molecule has 0 spiro atoms. The summed E-state index contributed by atoms with van der Waals surface area (Å²) in [6, 6.07) is 20.4. The number of methoxy groups -OCH3 is 3. The van der Waals surface area contributed by atoms with Gasteiger partial charge in [0.15, 0.2) is 23.0 Å². The minimum Gasteiger partial charge on any atom is -0.497 e. The van der Waals surface area contributed by atoms with Crippen molar-refractivity contribution in [3.63, 3.8) is 0 Å². The van der Waals surface area contributed by atoms with Gasteiger partial charge in [0, 0.05) is 86.8 Å². The Morgan fingerprint density at radius 2 is 1.23 bits per heavy atom. The molecule has 10 rings (SSSR count). The molecule has 19 nitrogen and oxygen atoms in total. The number of aliphatic imine (C=N–C) groups is 2. The van der Waals surface area contributed by atoms with Crippen LogP contribution in [0, 0.1) is 17.8 Å². The zero-order valence-corrected chi connectivity index (χ0v) is 46.9. The van der Waals surface area contributed by atoms with Crippen LogP contribution >= 0.6 is 0 Å². The van der Waals surface area contributed by atoms with Gasteiger partial charge in [0.05, 0.1) is 75.7 Å². The molecule has 6 atom stereocenters. The quantitative estimate of drug-likeness (QED) is 0.0598. The lowest BCUT2D eigenvalue weighted by atomic mass is 10.0. The molecule has 3 N–H and O–H groups in total. The summed E-state index contributed by atoms with van der Waals surface area (Å²) in [6.07, 6.45) is 12.1. The number of ether oxygens (including phenoxy) is 5. The summed E-state index contributed by atoms with van der Waals surface area (Å²) < 4.78 is 29.0. The molecule has 2 fully saturated rings. The number of unbranched alkanes of at least 4 members (excludes halogenated alkanes) is 2. The number of fused-ring (bicyclic) bond motifs is 5. The molecule has 19 heteroatoms. The Bertz CT molecular complexity index is 3240. The number of piperidine rings is 1. The Morgan fingerprint density at radius 1 is 0.679 bits per heavy atom. The summed E-state index contributed by atoms with van der Waals surface area (Å²) in [4.78, 5) is 94.2. The second kappa shape index (κ2) is 23.7.